The number of aryl methyl sites for hydroxylation is 2. The minimum absolute atomic E-state index is 0.171. The van der Waals surface area contributed by atoms with Crippen LogP contribution in [-0.2, 0) is 14.1 Å². The molecule has 0 spiro atoms. The molecule has 9 nitrogen and oxygen atoms in total. The highest BCUT2D eigenvalue weighted by atomic mass is 16.2. The number of rotatable bonds is 4. The molecule has 0 radical (unpaired) electrons. The number of anilines is 1. The summed E-state index contributed by atoms with van der Waals surface area (Å²) in [6, 6.07) is 13.5. The van der Waals surface area contributed by atoms with Crippen LogP contribution in [0.1, 0.15) is 27.3 Å². The molecule has 9 heteroatoms. The van der Waals surface area contributed by atoms with E-state index in [-0.39, 0.29) is 11.6 Å². The van der Waals surface area contributed by atoms with Gasteiger partial charge in [0.05, 0.1) is 23.0 Å². The molecule has 0 atom stereocenters. The lowest BCUT2D eigenvalue weighted by molar-refractivity contribution is 0.0648. The Balaban J connectivity index is 1.42. The molecule has 1 saturated heterocycles. The molecule has 1 aromatic carbocycles. The summed E-state index contributed by atoms with van der Waals surface area (Å²) < 4.78 is 3.00. The summed E-state index contributed by atoms with van der Waals surface area (Å²) in [6.45, 7) is 1.41. The molecule has 0 aliphatic carbocycles. The van der Waals surface area contributed by atoms with Crippen LogP contribution < -0.4 is 5.32 Å². The summed E-state index contributed by atoms with van der Waals surface area (Å²) >= 11 is 0. The number of fused-ring (bicyclic) bond motifs is 1. The first-order valence-electron chi connectivity index (χ1n) is 10.0. The van der Waals surface area contributed by atoms with Crippen molar-refractivity contribution in [1.82, 2.24) is 29.4 Å². The van der Waals surface area contributed by atoms with E-state index in [2.05, 4.69) is 20.5 Å². The number of aromatic nitrogens is 5. The fraction of sp³-hybridized carbons (Fsp3) is 0.227. The molecule has 4 aromatic rings. The number of hydrogen-bond acceptors (Lipinski definition) is 5. The van der Waals surface area contributed by atoms with Crippen LogP contribution in [0, 0.1) is 0 Å². The van der Waals surface area contributed by atoms with E-state index in [9.17, 15) is 9.59 Å². The van der Waals surface area contributed by atoms with Gasteiger partial charge in [0.25, 0.3) is 11.8 Å². The number of pyridine rings is 1. The molecular weight excluding hydrogens is 394 g/mol. The lowest BCUT2D eigenvalue weighted by Gasteiger charge is -2.30. The Labute approximate surface area is 178 Å². The number of nitrogens with zero attached hydrogens (tertiary/aromatic N) is 6. The number of nitrogens with one attached hydrogen (secondary N) is 1. The highest BCUT2D eigenvalue weighted by Crippen LogP contribution is 2.23. The highest BCUT2D eigenvalue weighted by molar-refractivity contribution is 6.11. The molecule has 0 bridgehead atoms. The number of likely N-dealkylation sites (tertiary alicyclic amines) is 1. The van der Waals surface area contributed by atoms with Gasteiger partial charge in [-0.15, -0.1) is 0 Å². The van der Waals surface area contributed by atoms with Crippen LogP contribution in [0.2, 0.25) is 0 Å². The molecule has 0 saturated carbocycles. The van der Waals surface area contributed by atoms with Crippen molar-refractivity contribution in [2.75, 3.05) is 18.4 Å². The van der Waals surface area contributed by atoms with E-state index in [0.29, 0.717) is 35.9 Å². The molecule has 1 fully saturated rings. The first-order chi connectivity index (χ1) is 15.0. The van der Waals surface area contributed by atoms with Crippen LogP contribution in [0.15, 0.2) is 48.7 Å². The SMILES string of the molecule is Cn1nc(-c2ccc3ccccc3n2)cc1NC(=O)c1c(C(=O)N2CCC2)cnn1C. The molecular formula is C22H21N7O2. The van der Waals surface area contributed by atoms with Crippen LogP contribution in [0.4, 0.5) is 5.82 Å². The van der Waals surface area contributed by atoms with Gasteiger partial charge in [-0.05, 0) is 18.6 Å². The van der Waals surface area contributed by atoms with Gasteiger partial charge in [-0.25, -0.2) is 4.98 Å². The van der Waals surface area contributed by atoms with Crippen molar-refractivity contribution in [2.24, 2.45) is 14.1 Å². The summed E-state index contributed by atoms with van der Waals surface area (Å²) in [5, 5.41) is 12.5. The molecule has 1 N–H and O–H groups in total. The highest BCUT2D eigenvalue weighted by Gasteiger charge is 2.29. The summed E-state index contributed by atoms with van der Waals surface area (Å²) in [5.74, 6) is -0.0843. The van der Waals surface area contributed by atoms with Crippen molar-refractivity contribution in [3.05, 3.63) is 59.9 Å². The predicted octanol–water partition coefficient (Wildman–Crippen LogP) is 2.47. The number of carbonyl (C=O) groups excluding carboxylic acids is 2. The van der Waals surface area contributed by atoms with Gasteiger partial charge in [0, 0.05) is 38.6 Å². The van der Waals surface area contributed by atoms with Crippen molar-refractivity contribution < 1.29 is 9.59 Å². The Morgan fingerprint density at radius 1 is 1.00 bits per heavy atom. The van der Waals surface area contributed by atoms with Gasteiger partial charge in [0.15, 0.2) is 0 Å². The Bertz CT molecular complexity index is 1320. The number of carbonyl (C=O) groups is 2. The summed E-state index contributed by atoms with van der Waals surface area (Å²) in [5.41, 5.74) is 2.76. The number of benzene rings is 1. The molecule has 3 aromatic heterocycles. The molecule has 31 heavy (non-hydrogen) atoms. The van der Waals surface area contributed by atoms with Crippen molar-refractivity contribution in [1.29, 1.82) is 0 Å². The molecule has 2 amide bonds. The zero-order valence-corrected chi connectivity index (χ0v) is 17.2. The average molecular weight is 415 g/mol. The zero-order chi connectivity index (χ0) is 21.5. The van der Waals surface area contributed by atoms with E-state index >= 15 is 0 Å². The molecule has 1 aliphatic heterocycles. The first kappa shape index (κ1) is 19.0. The number of hydrogen-bond donors (Lipinski definition) is 1. The molecule has 5 rings (SSSR count). The van der Waals surface area contributed by atoms with Gasteiger partial charge in [0.2, 0.25) is 0 Å². The maximum atomic E-state index is 13.0. The van der Waals surface area contributed by atoms with Crippen LogP contribution in [0.5, 0.6) is 0 Å². The fourth-order valence-electron chi connectivity index (χ4n) is 3.65. The van der Waals surface area contributed by atoms with E-state index in [0.717, 1.165) is 17.3 Å². The summed E-state index contributed by atoms with van der Waals surface area (Å²) in [4.78, 5) is 32.0. The van der Waals surface area contributed by atoms with Crippen molar-refractivity contribution >= 4 is 28.5 Å². The second kappa shape index (κ2) is 7.35. The largest absolute Gasteiger partial charge is 0.338 e. The van der Waals surface area contributed by atoms with Crippen molar-refractivity contribution in [3.63, 3.8) is 0 Å². The molecule has 156 valence electrons. The third-order valence-corrected chi connectivity index (χ3v) is 5.51. The third kappa shape index (κ3) is 3.33. The van der Waals surface area contributed by atoms with Gasteiger partial charge in [-0.2, -0.15) is 10.2 Å². The van der Waals surface area contributed by atoms with Crippen LogP contribution in [0.25, 0.3) is 22.3 Å². The first-order valence-corrected chi connectivity index (χ1v) is 10.0. The van der Waals surface area contributed by atoms with E-state index in [1.54, 1.807) is 29.7 Å². The Morgan fingerprint density at radius 2 is 1.81 bits per heavy atom. The van der Waals surface area contributed by atoms with E-state index in [1.165, 1.54) is 10.9 Å². The minimum atomic E-state index is -0.412. The Hall–Kier alpha value is -4.01. The monoisotopic (exact) mass is 415 g/mol. The lowest BCUT2D eigenvalue weighted by atomic mass is 10.1. The maximum Gasteiger partial charge on any atom is 0.275 e. The van der Waals surface area contributed by atoms with Crippen molar-refractivity contribution in [2.45, 2.75) is 6.42 Å². The Kier molecular flexibility index (Phi) is 4.50. The van der Waals surface area contributed by atoms with Gasteiger partial charge in [-0.3, -0.25) is 19.0 Å². The van der Waals surface area contributed by atoms with Crippen LogP contribution >= 0.6 is 0 Å². The maximum absolute atomic E-state index is 13.0. The van der Waals surface area contributed by atoms with Crippen LogP contribution in [-0.4, -0.2) is 54.3 Å². The van der Waals surface area contributed by atoms with Crippen LogP contribution in [0.3, 0.4) is 0 Å². The zero-order valence-electron chi connectivity index (χ0n) is 17.2. The van der Waals surface area contributed by atoms with E-state index in [1.807, 2.05) is 36.4 Å². The average Bonchev–Trinajstić information content (AvgIpc) is 3.29. The standard InChI is InChI=1S/C22H21N7O2/c1-27-19(12-18(26-27)17-9-8-14-6-3-4-7-16(14)24-17)25-21(30)20-15(13-23-28(20)2)22(31)29-10-5-11-29/h3-4,6-9,12-13H,5,10-11H2,1-2H3,(H,25,30). The minimum Gasteiger partial charge on any atom is -0.338 e. The lowest BCUT2D eigenvalue weighted by Crippen LogP contribution is -2.42. The third-order valence-electron chi connectivity index (χ3n) is 5.51. The quantitative estimate of drug-likeness (QED) is 0.552. The topological polar surface area (TPSA) is 97.9 Å². The second-order valence-electron chi connectivity index (χ2n) is 7.56. The van der Waals surface area contributed by atoms with E-state index in [4.69, 9.17) is 0 Å². The van der Waals surface area contributed by atoms with Crippen molar-refractivity contribution in [3.8, 4) is 11.4 Å². The normalized spacial score (nSPS) is 13.3. The number of amides is 2. The Morgan fingerprint density at radius 3 is 2.58 bits per heavy atom. The van der Waals surface area contributed by atoms with Gasteiger partial charge in [0.1, 0.15) is 17.2 Å². The van der Waals surface area contributed by atoms with Gasteiger partial charge >= 0.3 is 0 Å². The molecule has 0 unspecified atom stereocenters. The number of para-hydroxylation sites is 1. The molecule has 1 aliphatic rings. The fourth-order valence-corrected chi connectivity index (χ4v) is 3.65. The predicted molar refractivity (Wildman–Crippen MR) is 116 cm³/mol. The van der Waals surface area contributed by atoms with Gasteiger partial charge < -0.3 is 10.2 Å². The summed E-state index contributed by atoms with van der Waals surface area (Å²) in [7, 11) is 3.39. The molecule has 4 heterocycles. The summed E-state index contributed by atoms with van der Waals surface area (Å²) in [6.07, 6.45) is 2.43. The second-order valence-corrected chi connectivity index (χ2v) is 7.56. The van der Waals surface area contributed by atoms with E-state index < -0.39 is 5.91 Å². The smallest absolute Gasteiger partial charge is 0.275 e. The van der Waals surface area contributed by atoms with Gasteiger partial charge in [-0.1, -0.05) is 24.3 Å².